The van der Waals surface area contributed by atoms with Gasteiger partial charge in [-0.3, -0.25) is 0 Å². The molecule has 12 aromatic rings. The van der Waals surface area contributed by atoms with Crippen LogP contribution in [0.15, 0.2) is 231 Å². The zero-order valence-corrected chi connectivity index (χ0v) is 33.8. The first-order chi connectivity index (χ1) is 30.7. The second-order valence-electron chi connectivity index (χ2n) is 16.5. The molecule has 288 valence electrons. The molecule has 62 heavy (non-hydrogen) atoms. The Morgan fingerprint density at radius 1 is 0.274 bits per heavy atom. The normalized spacial score (nSPS) is 11.9. The van der Waals surface area contributed by atoms with Gasteiger partial charge in [-0.05, 0) is 144 Å². The first-order valence-corrected chi connectivity index (χ1v) is 21.4. The van der Waals surface area contributed by atoms with Crippen LogP contribution in [-0.4, -0.2) is 4.57 Å². The molecule has 11 aromatic carbocycles. The highest BCUT2D eigenvalue weighted by Gasteiger charge is 2.22. The summed E-state index contributed by atoms with van der Waals surface area (Å²) in [5.41, 5.74) is 16.7. The molecule has 0 saturated heterocycles. The molecule has 0 unspecified atom stereocenters. The predicted octanol–water partition coefficient (Wildman–Crippen LogP) is 16.7. The lowest BCUT2D eigenvalue weighted by Crippen LogP contribution is -2.11. The molecule has 0 N–H and O–H groups in total. The van der Waals surface area contributed by atoms with Crippen LogP contribution in [0.25, 0.3) is 104 Å². The van der Waals surface area contributed by atoms with Crippen molar-refractivity contribution in [1.82, 2.24) is 4.57 Å². The van der Waals surface area contributed by atoms with Crippen molar-refractivity contribution in [3.05, 3.63) is 231 Å². The molecular formula is C60H38N2. The highest BCUT2D eigenvalue weighted by molar-refractivity contribution is 6.16. The van der Waals surface area contributed by atoms with Gasteiger partial charge in [-0.2, -0.15) is 0 Å². The Morgan fingerprint density at radius 3 is 1.48 bits per heavy atom. The van der Waals surface area contributed by atoms with Gasteiger partial charge in [0, 0.05) is 33.5 Å². The molecule has 1 heterocycles. The van der Waals surface area contributed by atoms with Crippen LogP contribution >= 0.6 is 0 Å². The van der Waals surface area contributed by atoms with E-state index in [-0.39, 0.29) is 0 Å². The second-order valence-corrected chi connectivity index (χ2v) is 16.5. The molecule has 0 saturated carbocycles. The summed E-state index contributed by atoms with van der Waals surface area (Å²) < 4.78 is 2.40. The van der Waals surface area contributed by atoms with E-state index in [0.717, 1.165) is 22.7 Å². The van der Waals surface area contributed by atoms with Crippen molar-refractivity contribution in [2.24, 2.45) is 0 Å². The molecule has 1 aliphatic rings. The average molecular weight is 787 g/mol. The maximum atomic E-state index is 2.42. The summed E-state index contributed by atoms with van der Waals surface area (Å²) in [5, 5.41) is 10.2. The number of hydrogen-bond acceptors (Lipinski definition) is 1. The number of benzene rings is 11. The van der Waals surface area contributed by atoms with Gasteiger partial charge in [-0.15, -0.1) is 0 Å². The lowest BCUT2D eigenvalue weighted by Gasteiger charge is -2.27. The monoisotopic (exact) mass is 786 g/mol. The Labute approximate surface area is 359 Å². The zero-order chi connectivity index (χ0) is 40.7. The smallest absolute Gasteiger partial charge is 0.0541 e. The van der Waals surface area contributed by atoms with Gasteiger partial charge in [0.15, 0.2) is 0 Å². The maximum absolute atomic E-state index is 2.42. The van der Waals surface area contributed by atoms with E-state index in [0.29, 0.717) is 0 Å². The van der Waals surface area contributed by atoms with Gasteiger partial charge in [0.05, 0.1) is 11.0 Å². The lowest BCUT2D eigenvalue weighted by atomic mass is 9.96. The second kappa shape index (κ2) is 13.7. The van der Waals surface area contributed by atoms with Crippen LogP contribution < -0.4 is 4.90 Å². The van der Waals surface area contributed by atoms with Gasteiger partial charge in [-0.1, -0.05) is 164 Å². The number of rotatable bonds is 6. The van der Waals surface area contributed by atoms with Gasteiger partial charge in [0.25, 0.3) is 0 Å². The standard InChI is InChI=1S/C60H38N2/c1-2-21-50-39(12-1)28-29-40-30-31-44(36-56(40)50)42-15-7-17-46(34-42)61(48-19-11-20-49(38-48)62-58-26-5-3-22-52(58)53-23-4-6-27-59(53)62)47-18-8-16-43(35-47)45-32-33-51-54-24-9-13-41-14-10-25-55(60(41)54)57(51)37-45/h1-38H. The molecular weight excluding hydrogens is 749 g/mol. The quantitative estimate of drug-likeness (QED) is 0.152. The van der Waals surface area contributed by atoms with Crippen molar-refractivity contribution >= 4 is 71.2 Å². The summed E-state index contributed by atoms with van der Waals surface area (Å²) in [6, 6.07) is 84.9. The first kappa shape index (κ1) is 34.6. The number of para-hydroxylation sites is 2. The number of nitrogens with zero attached hydrogens (tertiary/aromatic N) is 2. The lowest BCUT2D eigenvalue weighted by molar-refractivity contribution is 1.17. The molecule has 2 nitrogen and oxygen atoms in total. The fraction of sp³-hybridized carbons (Fsp3) is 0. The van der Waals surface area contributed by atoms with Gasteiger partial charge in [-0.25, -0.2) is 0 Å². The topological polar surface area (TPSA) is 8.17 Å². The minimum atomic E-state index is 1.08. The highest BCUT2D eigenvalue weighted by atomic mass is 15.1. The third kappa shape index (κ3) is 5.37. The Kier molecular flexibility index (Phi) is 7.64. The van der Waals surface area contributed by atoms with Crippen LogP contribution in [0, 0.1) is 0 Å². The minimum absolute atomic E-state index is 1.08. The number of fused-ring (bicyclic) bond motifs is 9. The summed E-state index contributed by atoms with van der Waals surface area (Å²) >= 11 is 0. The largest absolute Gasteiger partial charge is 0.310 e. The summed E-state index contributed by atoms with van der Waals surface area (Å²) in [7, 11) is 0. The van der Waals surface area contributed by atoms with Gasteiger partial charge < -0.3 is 9.47 Å². The van der Waals surface area contributed by atoms with Crippen LogP contribution in [0.2, 0.25) is 0 Å². The Bertz CT molecular complexity index is 3720. The van der Waals surface area contributed by atoms with Crippen LogP contribution in [0.1, 0.15) is 0 Å². The van der Waals surface area contributed by atoms with Crippen molar-refractivity contribution in [2.75, 3.05) is 4.90 Å². The van der Waals surface area contributed by atoms with E-state index in [1.165, 1.54) is 98.6 Å². The zero-order valence-electron chi connectivity index (χ0n) is 33.8. The molecule has 1 aromatic heterocycles. The summed E-state index contributed by atoms with van der Waals surface area (Å²) in [5.74, 6) is 0. The number of anilines is 3. The highest BCUT2D eigenvalue weighted by Crippen LogP contribution is 2.49. The van der Waals surface area contributed by atoms with E-state index in [1.807, 2.05) is 0 Å². The van der Waals surface area contributed by atoms with E-state index >= 15 is 0 Å². The van der Waals surface area contributed by atoms with Crippen molar-refractivity contribution in [2.45, 2.75) is 0 Å². The van der Waals surface area contributed by atoms with E-state index < -0.39 is 0 Å². The Morgan fingerprint density at radius 2 is 0.774 bits per heavy atom. The van der Waals surface area contributed by atoms with Crippen LogP contribution in [0.3, 0.4) is 0 Å². The third-order valence-corrected chi connectivity index (χ3v) is 13.1. The fourth-order valence-corrected chi connectivity index (χ4v) is 10.2. The summed E-state index contributed by atoms with van der Waals surface area (Å²) in [6.45, 7) is 0. The number of hydrogen-bond donors (Lipinski definition) is 0. The molecule has 0 atom stereocenters. The third-order valence-electron chi connectivity index (χ3n) is 13.1. The predicted molar refractivity (Wildman–Crippen MR) is 263 cm³/mol. The van der Waals surface area contributed by atoms with Gasteiger partial charge >= 0.3 is 0 Å². The first-order valence-electron chi connectivity index (χ1n) is 21.4. The van der Waals surface area contributed by atoms with Crippen LogP contribution in [-0.2, 0) is 0 Å². The molecule has 0 bridgehead atoms. The molecule has 1 aliphatic carbocycles. The molecule has 0 amide bonds. The van der Waals surface area contributed by atoms with Crippen molar-refractivity contribution in [1.29, 1.82) is 0 Å². The molecule has 13 rings (SSSR count). The Balaban J connectivity index is 0.981. The minimum Gasteiger partial charge on any atom is -0.310 e. The fourth-order valence-electron chi connectivity index (χ4n) is 10.2. The Hall–Kier alpha value is -8.20. The SMILES string of the molecule is c1cc(-c2ccc3c(c2)-c2cccc4cccc-3c24)cc(N(c2cccc(-c3ccc4ccc5ccccc5c4c3)c2)c2cccc(-n3c4ccccc4c4ccccc43)c2)c1. The van der Waals surface area contributed by atoms with Crippen LogP contribution in [0.5, 0.6) is 0 Å². The van der Waals surface area contributed by atoms with Gasteiger partial charge in [0.1, 0.15) is 0 Å². The van der Waals surface area contributed by atoms with E-state index in [2.05, 4.69) is 240 Å². The maximum Gasteiger partial charge on any atom is 0.0541 e. The molecule has 0 aliphatic heterocycles. The molecule has 0 radical (unpaired) electrons. The van der Waals surface area contributed by atoms with E-state index in [4.69, 9.17) is 0 Å². The van der Waals surface area contributed by atoms with Gasteiger partial charge in [0.2, 0.25) is 0 Å². The van der Waals surface area contributed by atoms with E-state index in [9.17, 15) is 0 Å². The van der Waals surface area contributed by atoms with Crippen molar-refractivity contribution in [3.63, 3.8) is 0 Å². The van der Waals surface area contributed by atoms with E-state index in [1.54, 1.807) is 0 Å². The van der Waals surface area contributed by atoms with Crippen molar-refractivity contribution < 1.29 is 0 Å². The number of aromatic nitrogens is 1. The summed E-state index contributed by atoms with van der Waals surface area (Å²) in [4.78, 5) is 2.42. The van der Waals surface area contributed by atoms with Crippen LogP contribution in [0.4, 0.5) is 17.1 Å². The molecule has 2 heteroatoms. The summed E-state index contributed by atoms with van der Waals surface area (Å²) in [6.07, 6.45) is 0. The molecule has 0 fully saturated rings. The molecule has 0 spiro atoms. The average Bonchev–Trinajstić information content (AvgIpc) is 3.85. The van der Waals surface area contributed by atoms with Crippen molar-refractivity contribution in [3.8, 4) is 50.2 Å².